The Morgan fingerprint density at radius 3 is 2.52 bits per heavy atom. The van der Waals surface area contributed by atoms with Crippen LogP contribution in [0.2, 0.25) is 5.02 Å². The number of ether oxygens (including phenoxy) is 2. The highest BCUT2D eigenvalue weighted by Crippen LogP contribution is 2.37. The van der Waals surface area contributed by atoms with Gasteiger partial charge in [0.1, 0.15) is 13.2 Å². The molecule has 27 heavy (non-hydrogen) atoms. The van der Waals surface area contributed by atoms with Gasteiger partial charge >= 0.3 is 11.9 Å². The van der Waals surface area contributed by atoms with Crippen LogP contribution in [0.4, 0.5) is 0 Å². The maximum Gasteiger partial charge on any atom is 0.336 e. The molecule has 0 aromatic heterocycles. The summed E-state index contributed by atoms with van der Waals surface area (Å²) in [4.78, 5) is 38.9. The van der Waals surface area contributed by atoms with Crippen molar-refractivity contribution in [3.63, 3.8) is 0 Å². The molecule has 1 aliphatic heterocycles. The minimum absolute atomic E-state index is 0.0902. The second-order valence-electron chi connectivity index (χ2n) is 5.99. The average molecular weight is 395 g/mol. The molecule has 2 rings (SSSR count). The first-order valence-corrected chi connectivity index (χ1v) is 8.55. The second kappa shape index (κ2) is 8.77. The lowest BCUT2D eigenvalue weighted by molar-refractivity contribution is -0.505. The molecule has 0 spiro atoms. The predicted molar refractivity (Wildman–Crippen MR) is 98.4 cm³/mol. The quantitative estimate of drug-likeness (QED) is 0.317. The Balaban J connectivity index is 2.40. The van der Waals surface area contributed by atoms with E-state index >= 15 is 0 Å². The van der Waals surface area contributed by atoms with Crippen LogP contribution in [-0.2, 0) is 19.1 Å². The third kappa shape index (κ3) is 4.91. The normalized spacial score (nSPS) is 19.3. The highest BCUT2D eigenvalue weighted by Gasteiger charge is 2.44. The second-order valence-corrected chi connectivity index (χ2v) is 6.43. The molecule has 9 heteroatoms. The Labute approximate surface area is 161 Å². The Morgan fingerprint density at radius 1 is 1.26 bits per heavy atom. The fourth-order valence-corrected chi connectivity index (χ4v) is 3.21. The molecule has 0 aliphatic carbocycles. The maximum absolute atomic E-state index is 12.7. The molecule has 0 N–H and O–H groups in total. The number of nitro groups is 1. The first kappa shape index (κ1) is 20.6. The van der Waals surface area contributed by atoms with Crippen LogP contribution >= 0.6 is 11.6 Å². The zero-order valence-corrected chi connectivity index (χ0v) is 15.9. The van der Waals surface area contributed by atoms with Crippen molar-refractivity contribution in [2.45, 2.75) is 32.7 Å². The first-order valence-electron chi connectivity index (χ1n) is 8.17. The fourth-order valence-electron chi connectivity index (χ4n) is 3.01. The zero-order valence-electron chi connectivity index (χ0n) is 15.1. The van der Waals surface area contributed by atoms with Gasteiger partial charge in [0.15, 0.2) is 0 Å². The van der Waals surface area contributed by atoms with E-state index in [1.807, 2.05) is 0 Å². The Hall–Kier alpha value is -2.74. The Kier molecular flexibility index (Phi) is 6.68. The van der Waals surface area contributed by atoms with E-state index in [1.54, 1.807) is 38.1 Å². The molecule has 0 bridgehead atoms. The summed E-state index contributed by atoms with van der Waals surface area (Å²) in [6.45, 7) is 4.13. The van der Waals surface area contributed by atoms with E-state index in [-0.39, 0.29) is 18.8 Å². The van der Waals surface area contributed by atoms with Gasteiger partial charge < -0.3 is 9.47 Å². The molecule has 2 atom stereocenters. The molecule has 144 valence electrons. The van der Waals surface area contributed by atoms with Crippen molar-refractivity contribution in [1.29, 1.82) is 0 Å². The molecule has 1 aliphatic rings. The number of hydrogen-bond acceptors (Lipinski definition) is 7. The monoisotopic (exact) mass is 394 g/mol. The molecular formula is C18H19ClN2O6. The molecule has 0 saturated carbocycles. The minimum atomic E-state index is -1.22. The Morgan fingerprint density at radius 2 is 1.93 bits per heavy atom. The highest BCUT2D eigenvalue weighted by molar-refractivity contribution is 6.30. The SMILES string of the molecule is CC(=O)OCCOC(=O)C1=C(C)N=C(C)C([N+](=O)[O-])C1c1cccc(Cl)c1. The van der Waals surface area contributed by atoms with E-state index < -0.39 is 28.8 Å². The van der Waals surface area contributed by atoms with E-state index in [0.717, 1.165) is 0 Å². The van der Waals surface area contributed by atoms with Gasteiger partial charge in [-0.15, -0.1) is 0 Å². The van der Waals surface area contributed by atoms with Crippen molar-refractivity contribution in [3.8, 4) is 0 Å². The first-order chi connectivity index (χ1) is 12.7. The van der Waals surface area contributed by atoms with Crippen LogP contribution in [-0.4, -0.2) is 41.8 Å². The van der Waals surface area contributed by atoms with Crippen molar-refractivity contribution < 1.29 is 24.0 Å². The van der Waals surface area contributed by atoms with Gasteiger partial charge in [-0.05, 0) is 31.5 Å². The topological polar surface area (TPSA) is 108 Å². The van der Waals surface area contributed by atoms with Crippen LogP contribution in [0.3, 0.4) is 0 Å². The lowest BCUT2D eigenvalue weighted by Gasteiger charge is -2.27. The molecule has 0 radical (unpaired) electrons. The van der Waals surface area contributed by atoms with Crippen LogP contribution in [0.1, 0.15) is 32.3 Å². The van der Waals surface area contributed by atoms with Crippen molar-refractivity contribution >= 4 is 29.3 Å². The number of halogens is 1. The molecule has 1 heterocycles. The van der Waals surface area contributed by atoms with Crippen LogP contribution in [0, 0.1) is 10.1 Å². The minimum Gasteiger partial charge on any atom is -0.462 e. The van der Waals surface area contributed by atoms with Gasteiger partial charge in [0.05, 0.1) is 17.2 Å². The Bertz CT molecular complexity index is 833. The summed E-state index contributed by atoms with van der Waals surface area (Å²) >= 11 is 6.04. The number of aliphatic imine (C=N–C) groups is 1. The predicted octanol–water partition coefficient (Wildman–Crippen LogP) is 2.92. The number of rotatable bonds is 6. The smallest absolute Gasteiger partial charge is 0.336 e. The van der Waals surface area contributed by atoms with Crippen molar-refractivity contribution in [2.75, 3.05) is 13.2 Å². The van der Waals surface area contributed by atoms with E-state index in [1.165, 1.54) is 6.92 Å². The number of hydrogen-bond donors (Lipinski definition) is 0. The summed E-state index contributed by atoms with van der Waals surface area (Å²) in [5.74, 6) is -2.13. The lowest BCUT2D eigenvalue weighted by Crippen LogP contribution is -2.40. The summed E-state index contributed by atoms with van der Waals surface area (Å²) in [6.07, 6.45) is 0. The van der Waals surface area contributed by atoms with Crippen LogP contribution < -0.4 is 0 Å². The van der Waals surface area contributed by atoms with E-state index in [0.29, 0.717) is 22.0 Å². The molecule has 8 nitrogen and oxygen atoms in total. The number of carbonyl (C=O) groups is 2. The van der Waals surface area contributed by atoms with Gasteiger partial charge in [-0.3, -0.25) is 19.9 Å². The molecular weight excluding hydrogens is 376 g/mol. The average Bonchev–Trinajstić information content (AvgIpc) is 2.57. The molecule has 2 unspecified atom stereocenters. The van der Waals surface area contributed by atoms with Crippen LogP contribution in [0.15, 0.2) is 40.5 Å². The van der Waals surface area contributed by atoms with Gasteiger partial charge in [-0.1, -0.05) is 23.7 Å². The number of benzene rings is 1. The molecule has 1 aromatic rings. The van der Waals surface area contributed by atoms with Crippen molar-refractivity contribution in [3.05, 3.63) is 56.2 Å². The van der Waals surface area contributed by atoms with Gasteiger partial charge in [-0.25, -0.2) is 4.79 Å². The molecule has 0 saturated heterocycles. The van der Waals surface area contributed by atoms with Crippen LogP contribution in [0.25, 0.3) is 0 Å². The third-order valence-corrected chi connectivity index (χ3v) is 4.30. The highest BCUT2D eigenvalue weighted by atomic mass is 35.5. The molecule has 1 aromatic carbocycles. The van der Waals surface area contributed by atoms with Gasteiger partial charge in [-0.2, -0.15) is 0 Å². The zero-order chi connectivity index (χ0) is 20.1. The molecule has 0 fully saturated rings. The fraction of sp³-hybridized carbons (Fsp3) is 0.389. The summed E-state index contributed by atoms with van der Waals surface area (Å²) in [5, 5.41) is 12.1. The number of carbonyl (C=O) groups excluding carboxylic acids is 2. The van der Waals surface area contributed by atoms with Gasteiger partial charge in [0, 0.05) is 22.6 Å². The van der Waals surface area contributed by atoms with Gasteiger partial charge in [0.2, 0.25) is 0 Å². The summed E-state index contributed by atoms with van der Waals surface area (Å²) < 4.78 is 9.87. The van der Waals surface area contributed by atoms with Crippen LogP contribution in [0.5, 0.6) is 0 Å². The number of allylic oxidation sites excluding steroid dienone is 1. The summed E-state index contributed by atoms with van der Waals surface area (Å²) in [6, 6.07) is 5.34. The van der Waals surface area contributed by atoms with Crippen molar-refractivity contribution in [2.24, 2.45) is 4.99 Å². The summed E-state index contributed by atoms with van der Waals surface area (Å²) in [5.41, 5.74) is 1.24. The largest absolute Gasteiger partial charge is 0.462 e. The van der Waals surface area contributed by atoms with E-state index in [4.69, 9.17) is 21.1 Å². The number of esters is 2. The third-order valence-electron chi connectivity index (χ3n) is 4.07. The standard InChI is InChI=1S/C18H19ClN2O6/c1-10-15(18(23)27-8-7-26-12(3)22)16(13-5-4-6-14(19)9-13)17(21(24)25)11(2)20-10/h4-6,9,16-17H,7-8H2,1-3H3. The summed E-state index contributed by atoms with van der Waals surface area (Å²) in [7, 11) is 0. The van der Waals surface area contributed by atoms with E-state index in [2.05, 4.69) is 4.99 Å². The van der Waals surface area contributed by atoms with Crippen molar-refractivity contribution in [1.82, 2.24) is 0 Å². The maximum atomic E-state index is 12.7. The van der Waals surface area contributed by atoms with E-state index in [9.17, 15) is 19.7 Å². The van der Waals surface area contributed by atoms with Gasteiger partial charge in [0.25, 0.3) is 6.04 Å². The lowest BCUT2D eigenvalue weighted by atomic mass is 9.80. The number of nitrogens with zero attached hydrogens (tertiary/aromatic N) is 2. The molecule has 0 amide bonds.